The van der Waals surface area contributed by atoms with Crippen LogP contribution < -0.4 is 4.74 Å². The molecule has 0 amide bonds. The van der Waals surface area contributed by atoms with E-state index in [2.05, 4.69) is 0 Å². The SMILES string of the molecule is COc1cc(/C=C2\C(=O)c3c(O)ccc(F)c3[C@@H]2C)cc([N+](=O)[O-])c1O. The first-order chi connectivity index (χ1) is 12.3. The van der Waals surface area contributed by atoms with Crippen LogP contribution in [0.1, 0.15) is 34.3 Å². The third kappa shape index (κ3) is 2.55. The fourth-order valence-corrected chi connectivity index (χ4v) is 3.10. The number of hydrogen-bond donors (Lipinski definition) is 2. The largest absolute Gasteiger partial charge is 0.507 e. The number of ketones is 1. The lowest BCUT2D eigenvalue weighted by atomic mass is 9.97. The van der Waals surface area contributed by atoms with Crippen molar-refractivity contribution >= 4 is 17.5 Å². The van der Waals surface area contributed by atoms with E-state index in [0.717, 1.165) is 18.2 Å². The summed E-state index contributed by atoms with van der Waals surface area (Å²) < 4.78 is 19.0. The minimum absolute atomic E-state index is 0.0847. The number of halogens is 1. The Morgan fingerprint density at radius 2 is 2.00 bits per heavy atom. The third-order valence-electron chi connectivity index (χ3n) is 4.38. The molecule has 2 N–H and O–H groups in total. The Hall–Kier alpha value is -3.42. The molecule has 134 valence electrons. The number of hydrogen-bond acceptors (Lipinski definition) is 6. The van der Waals surface area contributed by atoms with Gasteiger partial charge in [-0.3, -0.25) is 14.9 Å². The molecule has 2 aromatic rings. The molecular weight excluding hydrogens is 345 g/mol. The molecule has 0 aromatic heterocycles. The number of allylic oxidation sites excluding steroid dienone is 1. The number of Topliss-reactive ketones (excluding diaryl/α,β-unsaturated/α-hetero) is 1. The summed E-state index contributed by atoms with van der Waals surface area (Å²) in [5.41, 5.74) is -0.206. The summed E-state index contributed by atoms with van der Waals surface area (Å²) >= 11 is 0. The predicted octanol–water partition coefficient (Wildman–Crippen LogP) is 3.54. The molecule has 0 fully saturated rings. The maximum atomic E-state index is 14.1. The van der Waals surface area contributed by atoms with Gasteiger partial charge >= 0.3 is 5.69 Å². The van der Waals surface area contributed by atoms with E-state index in [1.54, 1.807) is 6.92 Å². The van der Waals surface area contributed by atoms with Crippen LogP contribution in [0.15, 0.2) is 29.8 Å². The van der Waals surface area contributed by atoms with E-state index in [-0.39, 0.29) is 33.8 Å². The van der Waals surface area contributed by atoms with Crippen LogP contribution >= 0.6 is 0 Å². The smallest absolute Gasteiger partial charge is 0.315 e. The molecule has 1 aliphatic carbocycles. The lowest BCUT2D eigenvalue weighted by molar-refractivity contribution is -0.386. The first-order valence-electron chi connectivity index (χ1n) is 7.59. The van der Waals surface area contributed by atoms with E-state index in [1.165, 1.54) is 19.3 Å². The fraction of sp³-hybridized carbons (Fsp3) is 0.167. The summed E-state index contributed by atoms with van der Waals surface area (Å²) in [6.07, 6.45) is 1.36. The van der Waals surface area contributed by atoms with Crippen molar-refractivity contribution in [2.24, 2.45) is 0 Å². The van der Waals surface area contributed by atoms with Crippen LogP contribution in [-0.2, 0) is 0 Å². The van der Waals surface area contributed by atoms with Gasteiger partial charge in [-0.05, 0) is 29.8 Å². The van der Waals surface area contributed by atoms with Crippen molar-refractivity contribution in [3.8, 4) is 17.2 Å². The molecule has 2 aromatic carbocycles. The Balaban J connectivity index is 2.17. The quantitative estimate of drug-likeness (QED) is 0.493. The van der Waals surface area contributed by atoms with Crippen molar-refractivity contribution in [3.05, 3.63) is 62.5 Å². The van der Waals surface area contributed by atoms with Gasteiger partial charge in [0.05, 0.1) is 17.6 Å². The standard InChI is InChI=1S/C18H14FNO6/c1-8-10(17(22)16-13(21)4-3-11(19)15(8)16)5-9-6-12(20(24)25)18(23)14(7-9)26-2/h3-8,21,23H,1-2H3/b10-5-/t8-/m1/s1. The molecule has 8 heteroatoms. The van der Waals surface area contributed by atoms with E-state index >= 15 is 0 Å². The number of rotatable bonds is 3. The van der Waals surface area contributed by atoms with E-state index in [4.69, 9.17) is 4.74 Å². The molecule has 0 bridgehead atoms. The van der Waals surface area contributed by atoms with Gasteiger partial charge in [0.2, 0.25) is 5.75 Å². The van der Waals surface area contributed by atoms with Gasteiger partial charge in [0.1, 0.15) is 11.6 Å². The van der Waals surface area contributed by atoms with Crippen LogP contribution in [0.5, 0.6) is 17.2 Å². The zero-order valence-corrected chi connectivity index (χ0v) is 13.8. The van der Waals surface area contributed by atoms with Crippen molar-refractivity contribution < 1.29 is 29.1 Å². The molecule has 0 unspecified atom stereocenters. The maximum absolute atomic E-state index is 14.1. The summed E-state index contributed by atoms with van der Waals surface area (Å²) in [6.45, 7) is 1.60. The topological polar surface area (TPSA) is 110 Å². The number of fused-ring (bicyclic) bond motifs is 1. The first-order valence-corrected chi connectivity index (χ1v) is 7.59. The average Bonchev–Trinajstić information content (AvgIpc) is 2.85. The highest BCUT2D eigenvalue weighted by atomic mass is 19.1. The molecule has 0 heterocycles. The number of carbonyl (C=O) groups excluding carboxylic acids is 1. The van der Waals surface area contributed by atoms with Crippen LogP contribution in [-0.4, -0.2) is 28.0 Å². The molecule has 3 rings (SSSR count). The van der Waals surface area contributed by atoms with Crippen molar-refractivity contribution in [1.29, 1.82) is 0 Å². The third-order valence-corrected chi connectivity index (χ3v) is 4.38. The van der Waals surface area contributed by atoms with Gasteiger partial charge in [0.15, 0.2) is 11.5 Å². The Kier molecular flexibility index (Phi) is 4.11. The second-order valence-electron chi connectivity index (χ2n) is 5.85. The zero-order chi connectivity index (χ0) is 19.2. The number of nitrogens with zero attached hydrogens (tertiary/aromatic N) is 1. The molecule has 1 aliphatic rings. The zero-order valence-electron chi connectivity index (χ0n) is 13.8. The number of phenolic OH excluding ortho intramolecular Hbond substituents is 2. The van der Waals surface area contributed by atoms with Crippen LogP contribution in [0.2, 0.25) is 0 Å². The monoisotopic (exact) mass is 359 g/mol. The van der Waals surface area contributed by atoms with Gasteiger partial charge in [0.25, 0.3) is 0 Å². The van der Waals surface area contributed by atoms with Crippen LogP contribution in [0.3, 0.4) is 0 Å². The summed E-state index contributed by atoms with van der Waals surface area (Å²) in [6, 6.07) is 4.60. The van der Waals surface area contributed by atoms with E-state index in [0.29, 0.717) is 0 Å². The fourth-order valence-electron chi connectivity index (χ4n) is 3.10. The highest BCUT2D eigenvalue weighted by Crippen LogP contribution is 2.44. The first kappa shape index (κ1) is 17.4. The lowest BCUT2D eigenvalue weighted by Crippen LogP contribution is -1.98. The lowest BCUT2D eigenvalue weighted by Gasteiger charge is -2.08. The van der Waals surface area contributed by atoms with Crippen molar-refractivity contribution in [2.75, 3.05) is 7.11 Å². The van der Waals surface area contributed by atoms with Gasteiger partial charge in [-0.15, -0.1) is 0 Å². The number of ether oxygens (including phenoxy) is 1. The van der Waals surface area contributed by atoms with Gasteiger partial charge in [-0.1, -0.05) is 6.92 Å². The van der Waals surface area contributed by atoms with E-state index in [1.807, 2.05) is 0 Å². The van der Waals surface area contributed by atoms with Crippen LogP contribution in [0, 0.1) is 15.9 Å². The molecule has 7 nitrogen and oxygen atoms in total. The second kappa shape index (κ2) is 6.14. The minimum Gasteiger partial charge on any atom is -0.507 e. The van der Waals surface area contributed by atoms with Crippen molar-refractivity contribution in [1.82, 2.24) is 0 Å². The molecule has 0 saturated carbocycles. The van der Waals surface area contributed by atoms with Crippen molar-refractivity contribution in [3.63, 3.8) is 0 Å². The Morgan fingerprint density at radius 3 is 2.58 bits per heavy atom. The Labute approximate surface area is 147 Å². The number of aromatic hydroxyl groups is 2. The summed E-state index contributed by atoms with van der Waals surface area (Å²) in [4.78, 5) is 22.9. The number of carbonyl (C=O) groups is 1. The van der Waals surface area contributed by atoms with E-state index < -0.39 is 33.9 Å². The number of phenols is 2. The Bertz CT molecular complexity index is 982. The number of benzene rings is 2. The Morgan fingerprint density at radius 1 is 1.31 bits per heavy atom. The molecule has 0 saturated heterocycles. The summed E-state index contributed by atoms with van der Waals surface area (Å²) in [5, 5.41) is 30.8. The molecule has 1 atom stereocenters. The van der Waals surface area contributed by atoms with Gasteiger partial charge in [-0.2, -0.15) is 0 Å². The number of nitro benzene ring substituents is 1. The van der Waals surface area contributed by atoms with Gasteiger partial charge in [0, 0.05) is 23.1 Å². The second-order valence-corrected chi connectivity index (χ2v) is 5.85. The number of nitro groups is 1. The maximum Gasteiger partial charge on any atom is 0.315 e. The molecule has 0 aliphatic heterocycles. The van der Waals surface area contributed by atoms with Gasteiger partial charge < -0.3 is 14.9 Å². The summed E-state index contributed by atoms with van der Waals surface area (Å²) in [5.74, 6) is -2.90. The summed E-state index contributed by atoms with van der Waals surface area (Å²) in [7, 11) is 1.24. The number of methoxy groups -OCH3 is 1. The average molecular weight is 359 g/mol. The van der Waals surface area contributed by atoms with Gasteiger partial charge in [-0.25, -0.2) is 4.39 Å². The molecule has 0 radical (unpaired) electrons. The molecule has 0 spiro atoms. The molecule has 26 heavy (non-hydrogen) atoms. The highest BCUT2D eigenvalue weighted by Gasteiger charge is 2.36. The van der Waals surface area contributed by atoms with Crippen molar-refractivity contribution in [2.45, 2.75) is 12.8 Å². The minimum atomic E-state index is -0.778. The molecular formula is C18H14FNO6. The van der Waals surface area contributed by atoms with E-state index in [9.17, 15) is 29.5 Å². The van der Waals surface area contributed by atoms with Crippen LogP contribution in [0.4, 0.5) is 10.1 Å². The predicted molar refractivity (Wildman–Crippen MR) is 90.1 cm³/mol. The highest BCUT2D eigenvalue weighted by molar-refractivity contribution is 6.18. The van der Waals surface area contributed by atoms with Crippen LogP contribution in [0.25, 0.3) is 6.08 Å². The normalized spacial score (nSPS) is 17.4.